The summed E-state index contributed by atoms with van der Waals surface area (Å²) in [7, 11) is -3.84. The molecule has 0 aliphatic heterocycles. The molecule has 0 spiro atoms. The van der Waals surface area contributed by atoms with Crippen molar-refractivity contribution in [3.05, 3.63) is 69.3 Å². The van der Waals surface area contributed by atoms with Gasteiger partial charge in [0.1, 0.15) is 4.90 Å². The van der Waals surface area contributed by atoms with E-state index in [0.717, 1.165) is 35.6 Å². The van der Waals surface area contributed by atoms with Crippen molar-refractivity contribution < 1.29 is 27.7 Å². The van der Waals surface area contributed by atoms with Gasteiger partial charge in [-0.25, -0.2) is 13.2 Å². The highest BCUT2D eigenvalue weighted by atomic mass is 32.2. The largest absolute Gasteiger partial charge is 0.452 e. The number of carbonyl (C=O) groups is 2. The Morgan fingerprint density at radius 1 is 1.14 bits per heavy atom. The lowest BCUT2D eigenvalue weighted by atomic mass is 10.1. The molecular formula is C18H18N2O7S. The molecule has 0 fully saturated rings. The lowest BCUT2D eigenvalue weighted by Gasteiger charge is -2.08. The van der Waals surface area contributed by atoms with Crippen LogP contribution in [0.15, 0.2) is 47.4 Å². The van der Waals surface area contributed by atoms with E-state index in [9.17, 15) is 28.1 Å². The van der Waals surface area contributed by atoms with E-state index in [-0.39, 0.29) is 12.1 Å². The maximum Gasteiger partial charge on any atom is 0.338 e. The zero-order valence-electron chi connectivity index (χ0n) is 15.2. The summed E-state index contributed by atoms with van der Waals surface area (Å²) in [5, 5.41) is 13.7. The van der Waals surface area contributed by atoms with Gasteiger partial charge < -0.3 is 10.1 Å². The van der Waals surface area contributed by atoms with Crippen molar-refractivity contribution in [3.8, 4) is 0 Å². The topological polar surface area (TPSA) is 133 Å². The highest BCUT2D eigenvalue weighted by molar-refractivity contribution is 7.90. The summed E-state index contributed by atoms with van der Waals surface area (Å²) in [6.45, 7) is 1.62. The minimum Gasteiger partial charge on any atom is -0.452 e. The molecule has 148 valence electrons. The van der Waals surface area contributed by atoms with Gasteiger partial charge in [0, 0.05) is 18.9 Å². The average Bonchev–Trinajstić information content (AvgIpc) is 2.64. The van der Waals surface area contributed by atoms with Crippen LogP contribution in [-0.2, 0) is 25.9 Å². The summed E-state index contributed by atoms with van der Waals surface area (Å²) in [6.07, 6.45) is 0.825. The van der Waals surface area contributed by atoms with Crippen LogP contribution in [0.4, 0.5) is 5.69 Å². The average molecular weight is 406 g/mol. The van der Waals surface area contributed by atoms with Crippen molar-refractivity contribution in [2.75, 3.05) is 12.9 Å². The molecule has 0 radical (unpaired) electrons. The van der Waals surface area contributed by atoms with E-state index in [1.165, 1.54) is 0 Å². The molecule has 10 heteroatoms. The summed E-state index contributed by atoms with van der Waals surface area (Å²) in [6, 6.07) is 10.4. The van der Waals surface area contributed by atoms with Gasteiger partial charge in [0.2, 0.25) is 0 Å². The number of nitro benzene ring substituents is 1. The number of nitrogens with zero attached hydrogens (tertiary/aromatic N) is 1. The molecule has 0 saturated heterocycles. The van der Waals surface area contributed by atoms with Crippen molar-refractivity contribution in [2.45, 2.75) is 18.4 Å². The maximum absolute atomic E-state index is 12.0. The first-order valence-electron chi connectivity index (χ1n) is 8.06. The third kappa shape index (κ3) is 5.61. The van der Waals surface area contributed by atoms with Crippen LogP contribution >= 0.6 is 0 Å². The van der Waals surface area contributed by atoms with Crippen LogP contribution in [0.3, 0.4) is 0 Å². The van der Waals surface area contributed by atoms with Gasteiger partial charge in [0.05, 0.1) is 10.5 Å². The molecule has 0 atom stereocenters. The Hall–Kier alpha value is -3.27. The number of hydrogen-bond donors (Lipinski definition) is 1. The number of nitrogens with one attached hydrogen (secondary N) is 1. The summed E-state index contributed by atoms with van der Waals surface area (Å²) < 4.78 is 28.0. The number of amides is 1. The van der Waals surface area contributed by atoms with Crippen molar-refractivity contribution in [3.63, 3.8) is 0 Å². The van der Waals surface area contributed by atoms with Crippen molar-refractivity contribution in [2.24, 2.45) is 0 Å². The lowest BCUT2D eigenvalue weighted by Crippen LogP contribution is -2.28. The Balaban J connectivity index is 1.98. The van der Waals surface area contributed by atoms with Crippen LogP contribution < -0.4 is 5.32 Å². The number of ether oxygens (including phenoxy) is 1. The molecule has 0 aliphatic carbocycles. The van der Waals surface area contributed by atoms with Crippen LogP contribution in [0.1, 0.15) is 21.5 Å². The predicted octanol–water partition coefficient (Wildman–Crippen LogP) is 1.78. The highest BCUT2D eigenvalue weighted by Gasteiger charge is 2.24. The molecule has 0 saturated carbocycles. The van der Waals surface area contributed by atoms with Crippen LogP contribution in [0.5, 0.6) is 0 Å². The fourth-order valence-electron chi connectivity index (χ4n) is 2.27. The van der Waals surface area contributed by atoms with Gasteiger partial charge in [0.15, 0.2) is 16.4 Å². The standard InChI is InChI=1S/C18H18N2O7S/c1-12-3-5-13(6-4-12)10-19-17(21)11-27-18(22)14-7-8-16(28(2,25)26)15(9-14)20(23)24/h3-9H,10-11H2,1-2H3,(H,19,21). The van der Waals surface area contributed by atoms with E-state index >= 15 is 0 Å². The number of aryl methyl sites for hydroxylation is 1. The van der Waals surface area contributed by atoms with Gasteiger partial charge in [-0.1, -0.05) is 29.8 Å². The van der Waals surface area contributed by atoms with Gasteiger partial charge in [-0.05, 0) is 24.6 Å². The zero-order chi connectivity index (χ0) is 20.9. The molecule has 28 heavy (non-hydrogen) atoms. The summed E-state index contributed by atoms with van der Waals surface area (Å²) >= 11 is 0. The molecule has 1 N–H and O–H groups in total. The fraction of sp³-hybridized carbons (Fsp3) is 0.222. The third-order valence-electron chi connectivity index (χ3n) is 3.74. The monoisotopic (exact) mass is 406 g/mol. The molecule has 1 amide bonds. The first kappa shape index (κ1) is 21.0. The number of carbonyl (C=O) groups excluding carboxylic acids is 2. The van der Waals surface area contributed by atoms with Crippen molar-refractivity contribution in [1.82, 2.24) is 5.32 Å². The Labute approximate surface area is 161 Å². The molecule has 0 heterocycles. The SMILES string of the molecule is Cc1ccc(CNC(=O)COC(=O)c2ccc(S(C)(=O)=O)c([N+](=O)[O-])c2)cc1. The van der Waals surface area contributed by atoms with E-state index < -0.39 is 43.8 Å². The Morgan fingerprint density at radius 2 is 1.79 bits per heavy atom. The molecule has 2 aromatic rings. The zero-order valence-corrected chi connectivity index (χ0v) is 16.0. The van der Waals surface area contributed by atoms with E-state index in [0.29, 0.717) is 0 Å². The van der Waals surface area contributed by atoms with Gasteiger partial charge >= 0.3 is 5.97 Å². The minimum atomic E-state index is -3.84. The molecule has 0 aliphatic rings. The first-order chi connectivity index (χ1) is 13.1. The number of benzene rings is 2. The number of esters is 1. The third-order valence-corrected chi connectivity index (χ3v) is 4.88. The van der Waals surface area contributed by atoms with E-state index in [1.807, 2.05) is 31.2 Å². The van der Waals surface area contributed by atoms with Crippen LogP contribution in [0, 0.1) is 17.0 Å². The van der Waals surface area contributed by atoms with E-state index in [2.05, 4.69) is 5.32 Å². The Morgan fingerprint density at radius 3 is 2.36 bits per heavy atom. The second-order valence-corrected chi connectivity index (χ2v) is 8.03. The molecule has 0 unspecified atom stereocenters. The van der Waals surface area contributed by atoms with E-state index in [4.69, 9.17) is 4.74 Å². The maximum atomic E-state index is 12.0. The molecule has 2 rings (SSSR count). The van der Waals surface area contributed by atoms with Gasteiger partial charge in [-0.3, -0.25) is 14.9 Å². The minimum absolute atomic E-state index is 0.231. The van der Waals surface area contributed by atoms with Crippen molar-refractivity contribution >= 4 is 27.4 Å². The van der Waals surface area contributed by atoms with Gasteiger partial charge in [-0.2, -0.15) is 0 Å². The second kappa shape index (κ2) is 8.61. The van der Waals surface area contributed by atoms with Crippen LogP contribution in [0.2, 0.25) is 0 Å². The molecule has 0 aromatic heterocycles. The molecule has 0 bridgehead atoms. The number of sulfone groups is 1. The Bertz CT molecular complexity index is 1010. The highest BCUT2D eigenvalue weighted by Crippen LogP contribution is 2.25. The molecule has 2 aromatic carbocycles. The number of hydrogen-bond acceptors (Lipinski definition) is 7. The fourth-order valence-corrected chi connectivity index (χ4v) is 3.10. The van der Waals surface area contributed by atoms with Crippen LogP contribution in [0.25, 0.3) is 0 Å². The lowest BCUT2D eigenvalue weighted by molar-refractivity contribution is -0.387. The van der Waals surface area contributed by atoms with E-state index in [1.54, 1.807) is 0 Å². The Kier molecular flexibility index (Phi) is 6.47. The number of nitro groups is 1. The summed E-state index contributed by atoms with van der Waals surface area (Å²) in [4.78, 5) is 33.5. The summed E-state index contributed by atoms with van der Waals surface area (Å²) in [5.41, 5.74) is 0.989. The first-order valence-corrected chi connectivity index (χ1v) is 9.95. The quantitative estimate of drug-likeness (QED) is 0.421. The van der Waals surface area contributed by atoms with Crippen molar-refractivity contribution in [1.29, 1.82) is 0 Å². The number of rotatable bonds is 7. The molecule has 9 nitrogen and oxygen atoms in total. The predicted molar refractivity (Wildman–Crippen MR) is 99.5 cm³/mol. The summed E-state index contributed by atoms with van der Waals surface area (Å²) in [5.74, 6) is -1.52. The van der Waals surface area contributed by atoms with Gasteiger partial charge in [-0.15, -0.1) is 0 Å². The smallest absolute Gasteiger partial charge is 0.338 e. The normalized spacial score (nSPS) is 10.9. The van der Waals surface area contributed by atoms with Crippen LogP contribution in [-0.4, -0.2) is 38.1 Å². The molecular weight excluding hydrogens is 388 g/mol. The second-order valence-electron chi connectivity index (χ2n) is 6.05. The van der Waals surface area contributed by atoms with Gasteiger partial charge in [0.25, 0.3) is 11.6 Å².